The molecule has 17 unspecified atom stereocenters. The van der Waals surface area contributed by atoms with Crippen LogP contribution in [-0.2, 0) is 33.2 Å². The number of aliphatic hydroxyl groups excluding tert-OH is 11. The Balaban J connectivity index is 1.59. The first-order valence-electron chi connectivity index (χ1n) is 23.7. The zero-order chi connectivity index (χ0) is 47.7. The second-order valence-corrected chi connectivity index (χ2v) is 17.2. The molecule has 17 atom stereocenters. The van der Waals surface area contributed by atoms with Crippen molar-refractivity contribution >= 4 is 5.91 Å². The first-order chi connectivity index (χ1) is 31.3. The van der Waals surface area contributed by atoms with Gasteiger partial charge in [-0.3, -0.25) is 4.79 Å². The Morgan fingerprint density at radius 3 is 1.58 bits per heavy atom. The Bertz CT molecular complexity index is 1350. The zero-order valence-electron chi connectivity index (χ0n) is 38.2. The SMILES string of the molecule is CCCC/C=C/CC/C=C/C(O)C(COC1OC(CO)C(OC2OC(CO)C(OC3OC(CO)C(O)C(O)C3O)C(O)C2O)C(O)C1O)NC(=O)CCCCCCC/C=C\CCCCC. The number of ether oxygens (including phenoxy) is 6. The maximum absolute atomic E-state index is 13.1. The molecule has 0 saturated carbocycles. The lowest BCUT2D eigenvalue weighted by Gasteiger charge is -2.48. The average Bonchev–Trinajstić information content (AvgIpc) is 3.30. The first-order valence-corrected chi connectivity index (χ1v) is 23.7. The maximum atomic E-state index is 13.1. The third-order valence-electron chi connectivity index (χ3n) is 11.9. The fourth-order valence-electron chi connectivity index (χ4n) is 7.83. The number of aliphatic hydroxyl groups is 11. The largest absolute Gasteiger partial charge is 0.394 e. The summed E-state index contributed by atoms with van der Waals surface area (Å²) >= 11 is 0. The van der Waals surface area contributed by atoms with Gasteiger partial charge in [-0.05, 0) is 51.4 Å². The minimum atomic E-state index is -1.98. The molecule has 0 bridgehead atoms. The molecule has 3 aliphatic heterocycles. The minimum absolute atomic E-state index is 0.223. The molecular weight excluding hydrogens is 854 g/mol. The van der Waals surface area contributed by atoms with E-state index in [4.69, 9.17) is 28.4 Å². The summed E-state index contributed by atoms with van der Waals surface area (Å²) in [4.78, 5) is 13.1. The van der Waals surface area contributed by atoms with E-state index in [2.05, 4.69) is 43.5 Å². The summed E-state index contributed by atoms with van der Waals surface area (Å²) < 4.78 is 33.9. The molecule has 12 N–H and O–H groups in total. The lowest BCUT2D eigenvalue weighted by atomic mass is 9.96. The van der Waals surface area contributed by atoms with E-state index in [0.717, 1.165) is 64.2 Å². The van der Waals surface area contributed by atoms with E-state index in [9.17, 15) is 61.0 Å². The Hall–Kier alpha value is -1.99. The second kappa shape index (κ2) is 31.9. The van der Waals surface area contributed by atoms with Crippen LogP contribution < -0.4 is 5.32 Å². The van der Waals surface area contributed by atoms with Gasteiger partial charge in [0.2, 0.25) is 5.91 Å². The number of hydrogen-bond acceptors (Lipinski definition) is 18. The molecule has 1 amide bonds. The van der Waals surface area contributed by atoms with Crippen LogP contribution in [0.2, 0.25) is 0 Å². The molecule has 0 spiro atoms. The molecule has 0 radical (unpaired) electrons. The van der Waals surface area contributed by atoms with Gasteiger partial charge in [0.15, 0.2) is 18.9 Å². The van der Waals surface area contributed by atoms with E-state index in [1.54, 1.807) is 12.2 Å². The van der Waals surface area contributed by atoms with Crippen LogP contribution >= 0.6 is 0 Å². The molecule has 3 rings (SSSR count). The highest BCUT2D eigenvalue weighted by atomic mass is 16.8. The quantitative estimate of drug-likeness (QED) is 0.0328. The number of nitrogens with one attached hydrogen (secondary N) is 1. The molecule has 3 saturated heterocycles. The molecule has 0 aliphatic carbocycles. The smallest absolute Gasteiger partial charge is 0.220 e. The summed E-state index contributed by atoms with van der Waals surface area (Å²) in [6, 6.07) is -0.988. The second-order valence-electron chi connectivity index (χ2n) is 17.2. The Kier molecular flexibility index (Phi) is 28.2. The van der Waals surface area contributed by atoms with E-state index in [1.807, 2.05) is 0 Å². The molecule has 0 aromatic carbocycles. The van der Waals surface area contributed by atoms with Gasteiger partial charge in [0, 0.05) is 6.42 Å². The van der Waals surface area contributed by atoms with E-state index < -0.39 is 124 Å². The van der Waals surface area contributed by atoms with Crippen molar-refractivity contribution in [1.82, 2.24) is 5.32 Å². The standard InChI is InChI=1S/C46H81NO18/c1-3-5-7-9-11-13-14-15-16-18-20-22-24-34(52)47-29(30(51)23-21-19-17-12-10-8-6-4-2)28-60-44-40(58)37(55)42(32(26-49)62-44)65-46-41(59)38(56)43(33(27-50)63-46)64-45-39(57)36(54)35(53)31(25-48)61-45/h10-13,21,23,29-33,35-46,48-51,53-59H,3-9,14-20,22,24-28H2,1-2H3,(H,47,52)/b12-10+,13-11-,23-21+. The van der Waals surface area contributed by atoms with Crippen molar-refractivity contribution in [3.8, 4) is 0 Å². The number of allylic oxidation sites excluding steroid dienone is 5. The summed E-state index contributed by atoms with van der Waals surface area (Å²) in [6.07, 6.45) is 0.524. The molecule has 65 heavy (non-hydrogen) atoms. The topological polar surface area (TPSA) is 307 Å². The van der Waals surface area contributed by atoms with Crippen molar-refractivity contribution in [3.05, 3.63) is 36.5 Å². The molecule has 3 heterocycles. The summed E-state index contributed by atoms with van der Waals surface area (Å²) in [5.41, 5.74) is 0. The van der Waals surface area contributed by atoms with E-state index in [0.29, 0.717) is 12.8 Å². The summed E-state index contributed by atoms with van der Waals surface area (Å²) in [5.74, 6) is -0.304. The first kappa shape index (κ1) is 57.3. The van der Waals surface area contributed by atoms with Gasteiger partial charge in [0.1, 0.15) is 73.2 Å². The number of rotatable bonds is 31. The fraction of sp³-hybridized carbons (Fsp3) is 0.848. The van der Waals surface area contributed by atoms with Crippen LogP contribution in [0.15, 0.2) is 36.5 Å². The highest BCUT2D eigenvalue weighted by Crippen LogP contribution is 2.33. The van der Waals surface area contributed by atoms with E-state index in [1.165, 1.54) is 19.3 Å². The van der Waals surface area contributed by atoms with Gasteiger partial charge < -0.3 is 89.9 Å². The zero-order valence-corrected chi connectivity index (χ0v) is 38.2. The van der Waals surface area contributed by atoms with E-state index >= 15 is 0 Å². The average molecular weight is 936 g/mol. The molecule has 378 valence electrons. The van der Waals surface area contributed by atoms with Crippen molar-refractivity contribution in [2.45, 2.75) is 221 Å². The van der Waals surface area contributed by atoms with Crippen LogP contribution in [-0.4, -0.2) is 193 Å². The fourth-order valence-corrected chi connectivity index (χ4v) is 7.83. The van der Waals surface area contributed by atoms with Crippen molar-refractivity contribution in [3.63, 3.8) is 0 Å². The normalized spacial score (nSPS) is 34.4. The number of carbonyl (C=O) groups excluding carboxylic acids is 1. The van der Waals surface area contributed by atoms with Gasteiger partial charge in [-0.15, -0.1) is 0 Å². The highest BCUT2D eigenvalue weighted by molar-refractivity contribution is 5.76. The lowest BCUT2D eigenvalue weighted by Crippen LogP contribution is -2.66. The Labute approximate surface area is 383 Å². The van der Waals surface area contributed by atoms with Crippen molar-refractivity contribution in [2.75, 3.05) is 26.4 Å². The lowest BCUT2D eigenvalue weighted by molar-refractivity contribution is -0.379. The molecule has 0 aromatic heterocycles. The van der Waals surface area contributed by atoms with Crippen LogP contribution in [0.1, 0.15) is 117 Å². The Morgan fingerprint density at radius 1 is 0.538 bits per heavy atom. The molecule has 0 aromatic rings. The summed E-state index contributed by atoms with van der Waals surface area (Å²) in [5, 5.41) is 119. The third-order valence-corrected chi connectivity index (χ3v) is 11.9. The van der Waals surface area contributed by atoms with Crippen molar-refractivity contribution in [1.29, 1.82) is 0 Å². The van der Waals surface area contributed by atoms with Gasteiger partial charge in [-0.25, -0.2) is 0 Å². The number of unbranched alkanes of at least 4 members (excludes halogenated alkanes) is 11. The predicted molar refractivity (Wildman–Crippen MR) is 236 cm³/mol. The van der Waals surface area contributed by atoms with Crippen LogP contribution in [0, 0.1) is 0 Å². The number of hydrogen-bond donors (Lipinski definition) is 12. The Morgan fingerprint density at radius 2 is 1.00 bits per heavy atom. The summed E-state index contributed by atoms with van der Waals surface area (Å²) in [6.45, 7) is 1.52. The van der Waals surface area contributed by atoms with Crippen LogP contribution in [0.4, 0.5) is 0 Å². The van der Waals surface area contributed by atoms with Crippen molar-refractivity contribution in [2.24, 2.45) is 0 Å². The van der Waals surface area contributed by atoms with Crippen LogP contribution in [0.25, 0.3) is 0 Å². The van der Waals surface area contributed by atoms with Gasteiger partial charge >= 0.3 is 0 Å². The molecule has 3 aliphatic rings. The van der Waals surface area contributed by atoms with Crippen LogP contribution in [0.5, 0.6) is 0 Å². The maximum Gasteiger partial charge on any atom is 0.220 e. The highest BCUT2D eigenvalue weighted by Gasteiger charge is 2.53. The van der Waals surface area contributed by atoms with Gasteiger partial charge in [-0.1, -0.05) is 95.2 Å². The molecule has 3 fully saturated rings. The third kappa shape index (κ3) is 18.8. The molecule has 19 nitrogen and oxygen atoms in total. The summed E-state index contributed by atoms with van der Waals surface area (Å²) in [7, 11) is 0. The minimum Gasteiger partial charge on any atom is -0.394 e. The monoisotopic (exact) mass is 936 g/mol. The number of amides is 1. The van der Waals surface area contributed by atoms with E-state index in [-0.39, 0.29) is 18.9 Å². The number of carbonyl (C=O) groups is 1. The predicted octanol–water partition coefficient (Wildman–Crippen LogP) is 0.247. The molecular formula is C46H81NO18. The van der Waals surface area contributed by atoms with Gasteiger partial charge in [0.25, 0.3) is 0 Å². The van der Waals surface area contributed by atoms with Crippen LogP contribution in [0.3, 0.4) is 0 Å². The van der Waals surface area contributed by atoms with Crippen molar-refractivity contribution < 1.29 is 89.4 Å². The van der Waals surface area contributed by atoms with Gasteiger partial charge in [0.05, 0.1) is 38.6 Å². The molecule has 19 heteroatoms. The van der Waals surface area contributed by atoms with Gasteiger partial charge in [-0.2, -0.15) is 0 Å².